The molecule has 2 aromatic rings. The minimum absolute atomic E-state index is 0.0665. The standard InChI is InChI=1S/C14H15ClO3/c1-8-11(4-5-17-8)14(16)13-7-9-6-10(15)2-3-12(9)18-13/h2-3,6-8,11,14,16H,4-5H2,1H3. The Morgan fingerprint density at radius 2 is 2.22 bits per heavy atom. The Balaban J connectivity index is 1.93. The van der Waals surface area contributed by atoms with Crippen molar-refractivity contribution in [2.24, 2.45) is 5.92 Å². The van der Waals surface area contributed by atoms with Gasteiger partial charge in [0.2, 0.25) is 0 Å². The molecular formula is C14H15ClO3. The van der Waals surface area contributed by atoms with Crippen molar-refractivity contribution in [3.8, 4) is 0 Å². The second-order valence-corrected chi connectivity index (χ2v) is 5.24. The van der Waals surface area contributed by atoms with Gasteiger partial charge in [0.1, 0.15) is 17.4 Å². The minimum atomic E-state index is -0.617. The zero-order chi connectivity index (χ0) is 12.7. The quantitative estimate of drug-likeness (QED) is 0.904. The molecule has 0 amide bonds. The van der Waals surface area contributed by atoms with Gasteiger partial charge in [0.15, 0.2) is 0 Å². The Hall–Kier alpha value is -1.03. The lowest BCUT2D eigenvalue weighted by molar-refractivity contribution is 0.0329. The molecule has 1 aliphatic heterocycles. The first-order valence-corrected chi connectivity index (χ1v) is 6.51. The van der Waals surface area contributed by atoms with Crippen LogP contribution >= 0.6 is 11.6 Å². The predicted molar refractivity (Wildman–Crippen MR) is 69.7 cm³/mol. The van der Waals surface area contributed by atoms with Crippen LogP contribution < -0.4 is 0 Å². The van der Waals surface area contributed by atoms with Crippen molar-refractivity contribution >= 4 is 22.6 Å². The number of aliphatic hydroxyl groups excluding tert-OH is 1. The summed E-state index contributed by atoms with van der Waals surface area (Å²) in [5, 5.41) is 11.9. The minimum Gasteiger partial charge on any atom is -0.458 e. The maximum Gasteiger partial charge on any atom is 0.134 e. The van der Waals surface area contributed by atoms with E-state index in [-0.39, 0.29) is 12.0 Å². The van der Waals surface area contributed by atoms with Crippen molar-refractivity contribution in [2.45, 2.75) is 25.6 Å². The van der Waals surface area contributed by atoms with E-state index in [1.54, 1.807) is 6.07 Å². The molecule has 0 radical (unpaired) electrons. The summed E-state index contributed by atoms with van der Waals surface area (Å²) in [6, 6.07) is 7.30. The second-order valence-electron chi connectivity index (χ2n) is 4.80. The van der Waals surface area contributed by atoms with Gasteiger partial charge < -0.3 is 14.3 Å². The molecule has 2 heterocycles. The normalized spacial score (nSPS) is 25.7. The second kappa shape index (κ2) is 4.57. The summed E-state index contributed by atoms with van der Waals surface area (Å²) in [6.45, 7) is 2.69. The van der Waals surface area contributed by atoms with Gasteiger partial charge in [-0.2, -0.15) is 0 Å². The first kappa shape index (κ1) is 12.0. The molecular weight excluding hydrogens is 252 g/mol. The average Bonchev–Trinajstić information content (AvgIpc) is 2.93. The lowest BCUT2D eigenvalue weighted by Crippen LogP contribution is -2.19. The summed E-state index contributed by atoms with van der Waals surface area (Å²) in [5.74, 6) is 0.690. The van der Waals surface area contributed by atoms with Gasteiger partial charge in [-0.3, -0.25) is 0 Å². The topological polar surface area (TPSA) is 42.6 Å². The molecule has 0 bridgehead atoms. The Kier molecular flexibility index (Phi) is 3.06. The van der Waals surface area contributed by atoms with Crippen LogP contribution in [-0.2, 0) is 4.74 Å². The highest BCUT2D eigenvalue weighted by Gasteiger charge is 2.33. The fraction of sp³-hybridized carbons (Fsp3) is 0.429. The molecule has 4 heteroatoms. The zero-order valence-electron chi connectivity index (χ0n) is 10.1. The fourth-order valence-corrected chi connectivity index (χ4v) is 2.73. The van der Waals surface area contributed by atoms with Crippen molar-refractivity contribution < 1.29 is 14.3 Å². The molecule has 1 fully saturated rings. The van der Waals surface area contributed by atoms with E-state index < -0.39 is 6.10 Å². The van der Waals surface area contributed by atoms with E-state index in [1.165, 1.54) is 0 Å². The third kappa shape index (κ3) is 2.03. The van der Waals surface area contributed by atoms with Crippen LogP contribution in [0.3, 0.4) is 0 Å². The molecule has 3 nitrogen and oxygen atoms in total. The van der Waals surface area contributed by atoms with Crippen molar-refractivity contribution in [1.29, 1.82) is 0 Å². The highest BCUT2D eigenvalue weighted by Crippen LogP contribution is 2.35. The van der Waals surface area contributed by atoms with Crippen LogP contribution in [0.1, 0.15) is 25.2 Å². The molecule has 1 saturated heterocycles. The average molecular weight is 267 g/mol. The largest absolute Gasteiger partial charge is 0.458 e. The number of fused-ring (bicyclic) bond motifs is 1. The van der Waals surface area contributed by atoms with Crippen LogP contribution in [0, 0.1) is 5.92 Å². The smallest absolute Gasteiger partial charge is 0.134 e. The molecule has 1 N–H and O–H groups in total. The number of furan rings is 1. The van der Waals surface area contributed by atoms with Gasteiger partial charge >= 0.3 is 0 Å². The summed E-state index contributed by atoms with van der Waals surface area (Å²) >= 11 is 5.93. The summed E-state index contributed by atoms with van der Waals surface area (Å²) in [6.07, 6.45) is 0.311. The van der Waals surface area contributed by atoms with E-state index in [1.807, 2.05) is 25.1 Å². The van der Waals surface area contributed by atoms with Gasteiger partial charge in [0.05, 0.1) is 6.10 Å². The first-order chi connectivity index (χ1) is 8.65. The number of ether oxygens (including phenoxy) is 1. The van der Waals surface area contributed by atoms with Gasteiger partial charge in [-0.05, 0) is 37.6 Å². The monoisotopic (exact) mass is 266 g/mol. The number of hydrogen-bond acceptors (Lipinski definition) is 3. The van der Waals surface area contributed by atoms with Crippen LogP contribution in [-0.4, -0.2) is 17.8 Å². The lowest BCUT2D eigenvalue weighted by atomic mass is 9.94. The summed E-state index contributed by atoms with van der Waals surface area (Å²) in [4.78, 5) is 0. The molecule has 0 spiro atoms. The van der Waals surface area contributed by atoms with Crippen LogP contribution in [0.25, 0.3) is 11.0 Å². The molecule has 96 valence electrons. The SMILES string of the molecule is CC1OCCC1C(O)c1cc2cc(Cl)ccc2o1. The van der Waals surface area contributed by atoms with Crippen molar-refractivity contribution in [2.75, 3.05) is 6.61 Å². The number of halogens is 1. The molecule has 3 unspecified atom stereocenters. The molecule has 0 saturated carbocycles. The molecule has 0 aliphatic carbocycles. The number of aliphatic hydroxyl groups is 1. The zero-order valence-corrected chi connectivity index (χ0v) is 10.9. The van der Waals surface area contributed by atoms with Crippen molar-refractivity contribution in [3.05, 3.63) is 35.0 Å². The third-order valence-corrected chi connectivity index (χ3v) is 3.86. The summed E-state index contributed by atoms with van der Waals surface area (Å²) < 4.78 is 11.2. The van der Waals surface area contributed by atoms with E-state index in [0.717, 1.165) is 17.4 Å². The first-order valence-electron chi connectivity index (χ1n) is 6.14. The van der Waals surface area contributed by atoms with Crippen LogP contribution in [0.4, 0.5) is 0 Å². The molecule has 1 aromatic carbocycles. The van der Waals surface area contributed by atoms with E-state index in [0.29, 0.717) is 17.4 Å². The van der Waals surface area contributed by atoms with Crippen molar-refractivity contribution in [1.82, 2.24) is 0 Å². The summed E-state index contributed by atoms with van der Waals surface area (Å²) in [5.41, 5.74) is 0.750. The van der Waals surface area contributed by atoms with Gasteiger partial charge in [0.25, 0.3) is 0 Å². The number of benzene rings is 1. The van der Waals surface area contributed by atoms with Gasteiger partial charge in [-0.15, -0.1) is 0 Å². The molecule has 1 aliphatic rings. The maximum atomic E-state index is 10.4. The highest BCUT2D eigenvalue weighted by molar-refractivity contribution is 6.31. The van der Waals surface area contributed by atoms with E-state index in [2.05, 4.69) is 0 Å². The Bertz CT molecular complexity index is 563. The van der Waals surface area contributed by atoms with Crippen LogP contribution in [0.2, 0.25) is 5.02 Å². The van der Waals surface area contributed by atoms with Crippen LogP contribution in [0.5, 0.6) is 0 Å². The van der Waals surface area contributed by atoms with Gasteiger partial charge in [-0.1, -0.05) is 11.6 Å². The molecule has 1 aromatic heterocycles. The predicted octanol–water partition coefficient (Wildman–Crippen LogP) is 3.54. The molecule has 18 heavy (non-hydrogen) atoms. The number of rotatable bonds is 2. The third-order valence-electron chi connectivity index (χ3n) is 3.63. The highest BCUT2D eigenvalue weighted by atomic mass is 35.5. The Labute approximate surface area is 110 Å². The lowest BCUT2D eigenvalue weighted by Gasteiger charge is -2.18. The van der Waals surface area contributed by atoms with Gasteiger partial charge in [-0.25, -0.2) is 0 Å². The van der Waals surface area contributed by atoms with E-state index in [9.17, 15) is 5.11 Å². The maximum absolute atomic E-state index is 10.4. The molecule has 3 rings (SSSR count). The Morgan fingerprint density at radius 1 is 1.39 bits per heavy atom. The fourth-order valence-electron chi connectivity index (χ4n) is 2.55. The van der Waals surface area contributed by atoms with E-state index in [4.69, 9.17) is 20.8 Å². The van der Waals surface area contributed by atoms with Crippen LogP contribution in [0.15, 0.2) is 28.7 Å². The van der Waals surface area contributed by atoms with E-state index >= 15 is 0 Å². The summed E-state index contributed by atoms with van der Waals surface area (Å²) in [7, 11) is 0. The van der Waals surface area contributed by atoms with Crippen molar-refractivity contribution in [3.63, 3.8) is 0 Å². The van der Waals surface area contributed by atoms with Gasteiger partial charge in [0, 0.05) is 22.9 Å². The number of hydrogen-bond donors (Lipinski definition) is 1. The Morgan fingerprint density at radius 3 is 2.94 bits per heavy atom. The molecule has 3 atom stereocenters.